The lowest BCUT2D eigenvalue weighted by atomic mass is 9.47. The predicted molar refractivity (Wildman–Crippen MR) is 104 cm³/mol. The molecule has 138 valence electrons. The van der Waals surface area contributed by atoms with Crippen LogP contribution < -0.4 is 9.47 Å². The van der Waals surface area contributed by atoms with Crippen LogP contribution in [0.4, 0.5) is 0 Å². The molecule has 2 heteroatoms. The van der Waals surface area contributed by atoms with Crippen molar-refractivity contribution in [2.45, 2.75) is 59.8 Å². The Hall–Kier alpha value is -1.44. The number of rotatable bonds is 4. The quantitative estimate of drug-likeness (QED) is 0.621. The summed E-state index contributed by atoms with van der Waals surface area (Å²) in [4.78, 5) is 0. The van der Waals surface area contributed by atoms with E-state index in [0.29, 0.717) is 11.3 Å². The van der Waals surface area contributed by atoms with Gasteiger partial charge in [0.15, 0.2) is 0 Å². The Labute approximate surface area is 153 Å². The van der Waals surface area contributed by atoms with Gasteiger partial charge in [0.2, 0.25) is 0 Å². The zero-order valence-corrected chi connectivity index (χ0v) is 16.8. The van der Waals surface area contributed by atoms with Crippen molar-refractivity contribution in [1.82, 2.24) is 0 Å². The highest BCUT2D eigenvalue weighted by Crippen LogP contribution is 2.61. The molecule has 0 heterocycles. The first-order valence-corrected chi connectivity index (χ1v) is 9.73. The Morgan fingerprint density at radius 2 is 1.88 bits per heavy atom. The lowest BCUT2D eigenvalue weighted by Gasteiger charge is -2.58. The van der Waals surface area contributed by atoms with Gasteiger partial charge >= 0.3 is 0 Å². The van der Waals surface area contributed by atoms with Crippen molar-refractivity contribution in [1.29, 1.82) is 0 Å². The van der Waals surface area contributed by atoms with Crippen LogP contribution in [0.1, 0.15) is 58.9 Å². The molecule has 2 aliphatic carbocycles. The molecule has 0 N–H and O–H groups in total. The number of allylic oxidation sites excluding steroid dienone is 2. The highest BCUT2D eigenvalue weighted by atomic mass is 16.5. The zero-order valence-electron chi connectivity index (χ0n) is 16.8. The van der Waals surface area contributed by atoms with E-state index in [-0.39, 0.29) is 5.41 Å². The molecule has 4 atom stereocenters. The van der Waals surface area contributed by atoms with Gasteiger partial charge < -0.3 is 9.47 Å². The van der Waals surface area contributed by atoms with Crippen LogP contribution in [0.3, 0.4) is 0 Å². The van der Waals surface area contributed by atoms with Gasteiger partial charge in [-0.3, -0.25) is 0 Å². The molecule has 0 bridgehead atoms. The second-order valence-corrected chi connectivity index (χ2v) is 8.73. The summed E-state index contributed by atoms with van der Waals surface area (Å²) in [6, 6.07) is 6.22. The summed E-state index contributed by atoms with van der Waals surface area (Å²) in [7, 11) is 3.51. The minimum atomic E-state index is 0.280. The van der Waals surface area contributed by atoms with Crippen LogP contribution in [0.25, 0.3) is 0 Å². The molecule has 0 aromatic heterocycles. The zero-order chi connectivity index (χ0) is 18.2. The molecule has 2 nitrogen and oxygen atoms in total. The van der Waals surface area contributed by atoms with E-state index in [1.807, 2.05) is 6.07 Å². The minimum Gasteiger partial charge on any atom is -0.497 e. The van der Waals surface area contributed by atoms with Crippen molar-refractivity contribution in [3.8, 4) is 11.5 Å². The standard InChI is InChI=1S/C23H34O2/c1-16-8-7-9-21-22(16,3)13-12-17(2)23(21,4)15-18-14-19(24-5)10-11-20(18)25-6/h8,10-11,14,17,21H,7,9,12-13,15H2,1-6H3/t17-,21-,22+,23-/m0/s1. The Balaban J connectivity index is 2.01. The molecular weight excluding hydrogens is 308 g/mol. The molecule has 2 aliphatic rings. The van der Waals surface area contributed by atoms with Crippen LogP contribution >= 0.6 is 0 Å². The highest BCUT2D eigenvalue weighted by molar-refractivity contribution is 5.41. The van der Waals surface area contributed by atoms with Crippen molar-refractivity contribution in [2.75, 3.05) is 14.2 Å². The predicted octanol–water partition coefficient (Wildman–Crippen LogP) is 6.05. The Morgan fingerprint density at radius 3 is 2.56 bits per heavy atom. The molecule has 0 spiro atoms. The van der Waals surface area contributed by atoms with E-state index in [0.717, 1.165) is 23.8 Å². The first kappa shape index (κ1) is 18.4. The van der Waals surface area contributed by atoms with E-state index in [1.165, 1.54) is 31.2 Å². The highest BCUT2D eigenvalue weighted by Gasteiger charge is 2.53. The normalized spacial score (nSPS) is 34.9. The summed E-state index contributed by atoms with van der Waals surface area (Å²) in [6.45, 7) is 9.85. The van der Waals surface area contributed by atoms with E-state index < -0.39 is 0 Å². The van der Waals surface area contributed by atoms with Crippen molar-refractivity contribution >= 4 is 0 Å². The van der Waals surface area contributed by atoms with Crippen LogP contribution in [0, 0.1) is 22.7 Å². The number of hydrogen-bond donors (Lipinski definition) is 0. The molecular formula is C23H34O2. The van der Waals surface area contributed by atoms with Gasteiger partial charge in [0, 0.05) is 0 Å². The molecule has 0 radical (unpaired) electrons. The third-order valence-electron chi connectivity index (χ3n) is 7.65. The van der Waals surface area contributed by atoms with Gasteiger partial charge in [-0.05, 0) is 85.5 Å². The second kappa shape index (κ2) is 6.70. The first-order chi connectivity index (χ1) is 11.8. The van der Waals surface area contributed by atoms with Crippen LogP contribution in [0.15, 0.2) is 29.8 Å². The maximum atomic E-state index is 5.68. The average Bonchev–Trinajstić information content (AvgIpc) is 2.60. The van der Waals surface area contributed by atoms with Gasteiger partial charge in [-0.15, -0.1) is 0 Å². The maximum Gasteiger partial charge on any atom is 0.122 e. The van der Waals surface area contributed by atoms with Gasteiger partial charge in [-0.1, -0.05) is 32.4 Å². The summed E-state index contributed by atoms with van der Waals surface area (Å²) in [5.74, 6) is 3.35. The van der Waals surface area contributed by atoms with Crippen molar-refractivity contribution < 1.29 is 9.47 Å². The third kappa shape index (κ3) is 2.98. The molecule has 0 unspecified atom stereocenters. The molecule has 0 aliphatic heterocycles. The maximum absolute atomic E-state index is 5.68. The summed E-state index contributed by atoms with van der Waals surface area (Å²) < 4.78 is 11.2. The number of methoxy groups -OCH3 is 2. The van der Waals surface area contributed by atoms with Crippen LogP contribution in [-0.2, 0) is 6.42 Å². The number of fused-ring (bicyclic) bond motifs is 1. The summed E-state index contributed by atoms with van der Waals surface area (Å²) >= 11 is 0. The van der Waals surface area contributed by atoms with E-state index in [4.69, 9.17) is 9.47 Å². The molecule has 0 amide bonds. The van der Waals surface area contributed by atoms with E-state index in [9.17, 15) is 0 Å². The van der Waals surface area contributed by atoms with Crippen molar-refractivity contribution in [2.24, 2.45) is 22.7 Å². The smallest absolute Gasteiger partial charge is 0.122 e. The van der Waals surface area contributed by atoms with Gasteiger partial charge in [0.1, 0.15) is 11.5 Å². The molecule has 1 aromatic rings. The average molecular weight is 343 g/mol. The van der Waals surface area contributed by atoms with Crippen LogP contribution in [0.2, 0.25) is 0 Å². The van der Waals surface area contributed by atoms with Crippen LogP contribution in [0.5, 0.6) is 11.5 Å². The molecule has 0 saturated heterocycles. The van der Waals surface area contributed by atoms with Gasteiger partial charge in [-0.25, -0.2) is 0 Å². The minimum absolute atomic E-state index is 0.280. The van der Waals surface area contributed by atoms with E-state index in [1.54, 1.807) is 19.8 Å². The Bertz CT molecular complexity index is 662. The van der Waals surface area contributed by atoms with Crippen molar-refractivity contribution in [3.63, 3.8) is 0 Å². The lowest BCUT2D eigenvalue weighted by Crippen LogP contribution is -2.50. The van der Waals surface area contributed by atoms with Crippen molar-refractivity contribution in [3.05, 3.63) is 35.4 Å². The second-order valence-electron chi connectivity index (χ2n) is 8.73. The Morgan fingerprint density at radius 1 is 1.12 bits per heavy atom. The number of benzene rings is 1. The lowest BCUT2D eigenvalue weighted by molar-refractivity contribution is -0.0412. The fourth-order valence-electron chi connectivity index (χ4n) is 5.64. The topological polar surface area (TPSA) is 18.5 Å². The SMILES string of the molecule is COc1ccc(OC)c(C[C@]2(C)[C@H]3CCC=C(C)[C@@]3(C)CC[C@@H]2C)c1. The summed E-state index contributed by atoms with van der Waals surface area (Å²) in [6.07, 6.45) is 8.71. The molecule has 1 aromatic carbocycles. The van der Waals surface area contributed by atoms with Gasteiger partial charge in [0.25, 0.3) is 0 Å². The molecule has 1 fully saturated rings. The summed E-state index contributed by atoms with van der Waals surface area (Å²) in [5.41, 5.74) is 3.53. The van der Waals surface area contributed by atoms with Crippen LogP contribution in [-0.4, -0.2) is 14.2 Å². The number of hydrogen-bond acceptors (Lipinski definition) is 2. The largest absolute Gasteiger partial charge is 0.497 e. The fraction of sp³-hybridized carbons (Fsp3) is 0.652. The van der Waals surface area contributed by atoms with E-state index in [2.05, 4.69) is 45.9 Å². The van der Waals surface area contributed by atoms with E-state index >= 15 is 0 Å². The van der Waals surface area contributed by atoms with Gasteiger partial charge in [-0.2, -0.15) is 0 Å². The number of ether oxygens (including phenoxy) is 2. The van der Waals surface area contributed by atoms with Gasteiger partial charge in [0.05, 0.1) is 14.2 Å². The Kier molecular flexibility index (Phi) is 4.92. The fourth-order valence-corrected chi connectivity index (χ4v) is 5.64. The summed E-state index contributed by atoms with van der Waals surface area (Å²) in [5, 5.41) is 0. The monoisotopic (exact) mass is 342 g/mol. The molecule has 3 rings (SSSR count). The first-order valence-electron chi connectivity index (χ1n) is 9.73. The molecule has 1 saturated carbocycles. The molecule has 25 heavy (non-hydrogen) atoms. The third-order valence-corrected chi connectivity index (χ3v) is 7.65.